The topological polar surface area (TPSA) is 85.5 Å². The third-order valence-corrected chi connectivity index (χ3v) is 6.41. The van der Waals surface area contributed by atoms with E-state index in [1.54, 1.807) is 19.3 Å². The van der Waals surface area contributed by atoms with Crippen LogP contribution in [0.2, 0.25) is 0 Å². The number of benzene rings is 1. The smallest absolute Gasteiger partial charge is 0.336 e. The number of hydrogen-bond acceptors (Lipinski definition) is 5. The number of pyridine rings is 1. The first kappa shape index (κ1) is 20.2. The van der Waals surface area contributed by atoms with Gasteiger partial charge in [0.1, 0.15) is 9.71 Å². The number of carbonyl (C=O) groups is 1. The lowest BCUT2D eigenvalue weighted by atomic mass is 10.2. The van der Waals surface area contributed by atoms with Crippen LogP contribution in [-0.2, 0) is 13.1 Å². The molecule has 1 aromatic carbocycles. The van der Waals surface area contributed by atoms with Crippen LogP contribution >= 0.6 is 27.3 Å². The fraction of sp³-hybridized carbons (Fsp3) is 0.143. The summed E-state index contributed by atoms with van der Waals surface area (Å²) in [6.45, 7) is 2.18. The highest BCUT2D eigenvalue weighted by molar-refractivity contribution is 9.10. The molecule has 0 bridgehead atoms. The maximum atomic E-state index is 13.0. The van der Waals surface area contributed by atoms with Gasteiger partial charge in [-0.2, -0.15) is 0 Å². The van der Waals surface area contributed by atoms with E-state index in [1.807, 2.05) is 36.4 Å². The van der Waals surface area contributed by atoms with Crippen LogP contribution in [0.3, 0.4) is 0 Å². The lowest BCUT2D eigenvalue weighted by Gasteiger charge is -2.07. The van der Waals surface area contributed by atoms with Gasteiger partial charge in [0.05, 0.1) is 6.54 Å². The molecule has 3 aromatic heterocycles. The minimum absolute atomic E-state index is 0.161. The van der Waals surface area contributed by atoms with E-state index < -0.39 is 5.69 Å². The Hall–Kier alpha value is -3.04. The van der Waals surface area contributed by atoms with Gasteiger partial charge in [-0.25, -0.2) is 4.79 Å². The molecule has 0 fully saturated rings. The van der Waals surface area contributed by atoms with Gasteiger partial charge >= 0.3 is 5.69 Å². The molecule has 0 atom stereocenters. The number of aryl methyl sites for hydroxylation is 1. The number of halogens is 1. The van der Waals surface area contributed by atoms with Crippen LogP contribution in [0.25, 0.3) is 4.83 Å². The van der Waals surface area contributed by atoms with Gasteiger partial charge < -0.3 is 5.32 Å². The molecular weight excluding hydrogens is 468 g/mol. The lowest BCUT2D eigenvalue weighted by Crippen LogP contribution is -2.38. The normalized spacial score (nSPS) is 11.0. The molecule has 9 heteroatoms. The molecule has 1 amide bonds. The number of amides is 1. The molecule has 0 aliphatic rings. The molecule has 4 aromatic rings. The molecule has 30 heavy (non-hydrogen) atoms. The van der Waals surface area contributed by atoms with Crippen molar-refractivity contribution in [2.45, 2.75) is 20.0 Å². The van der Waals surface area contributed by atoms with Gasteiger partial charge in [0.2, 0.25) is 0 Å². The number of rotatable bonds is 5. The van der Waals surface area contributed by atoms with Crippen LogP contribution in [-0.4, -0.2) is 19.9 Å². The number of thiazole rings is 1. The highest BCUT2D eigenvalue weighted by atomic mass is 79.9. The molecule has 0 saturated heterocycles. The fourth-order valence-corrected chi connectivity index (χ4v) is 4.32. The second kappa shape index (κ2) is 8.37. The largest absolute Gasteiger partial charge is 0.347 e. The van der Waals surface area contributed by atoms with Crippen molar-refractivity contribution < 1.29 is 4.79 Å². The number of carbonyl (C=O) groups excluding carboxylic acids is 1. The van der Waals surface area contributed by atoms with E-state index in [1.165, 1.54) is 15.2 Å². The van der Waals surface area contributed by atoms with Gasteiger partial charge in [-0.1, -0.05) is 28.1 Å². The van der Waals surface area contributed by atoms with Crippen molar-refractivity contribution in [3.05, 3.63) is 102 Å². The average Bonchev–Trinajstić information content (AvgIpc) is 3.21. The van der Waals surface area contributed by atoms with Crippen LogP contribution in [0, 0.1) is 6.92 Å². The van der Waals surface area contributed by atoms with E-state index in [2.05, 4.69) is 26.2 Å². The number of aromatic nitrogens is 3. The summed E-state index contributed by atoms with van der Waals surface area (Å²) in [5.74, 6) is -0.300. The second-order valence-electron chi connectivity index (χ2n) is 6.73. The summed E-state index contributed by atoms with van der Waals surface area (Å²) >= 11 is 4.51. The fourth-order valence-electron chi connectivity index (χ4n) is 3.05. The molecule has 0 aliphatic heterocycles. The number of fused-ring (bicyclic) bond motifs is 1. The molecule has 3 heterocycles. The lowest BCUT2D eigenvalue weighted by molar-refractivity contribution is 0.0954. The van der Waals surface area contributed by atoms with Gasteiger partial charge in [0.15, 0.2) is 0 Å². The first-order valence-corrected chi connectivity index (χ1v) is 10.7. The first-order chi connectivity index (χ1) is 14.4. The Labute approximate surface area is 183 Å². The van der Waals surface area contributed by atoms with Gasteiger partial charge in [-0.15, -0.1) is 11.3 Å². The van der Waals surface area contributed by atoms with E-state index >= 15 is 0 Å². The molecule has 152 valence electrons. The van der Waals surface area contributed by atoms with Crippen molar-refractivity contribution in [2.75, 3.05) is 0 Å². The zero-order chi connectivity index (χ0) is 21.3. The first-order valence-electron chi connectivity index (χ1n) is 9.11. The molecule has 7 nitrogen and oxygen atoms in total. The van der Waals surface area contributed by atoms with Crippen LogP contribution in [0.5, 0.6) is 0 Å². The molecule has 0 aliphatic carbocycles. The maximum absolute atomic E-state index is 13.0. The van der Waals surface area contributed by atoms with Crippen LogP contribution in [0.1, 0.15) is 26.4 Å². The van der Waals surface area contributed by atoms with Gasteiger partial charge in [0.25, 0.3) is 11.5 Å². The summed E-state index contributed by atoms with van der Waals surface area (Å²) in [4.78, 5) is 43.2. The van der Waals surface area contributed by atoms with Crippen molar-refractivity contribution in [3.8, 4) is 0 Å². The molecule has 1 N–H and O–H groups in total. The summed E-state index contributed by atoms with van der Waals surface area (Å²) in [7, 11) is 0. The van der Waals surface area contributed by atoms with E-state index in [4.69, 9.17) is 0 Å². The van der Waals surface area contributed by atoms with E-state index in [0.29, 0.717) is 21.8 Å². The standard InChI is InChI=1S/C21H17BrN4O3S/c1-13-19(28)25(11-15-2-4-16(22)5-3-15)21(29)26-12-17(30-20(13)26)18(27)24-10-14-6-8-23-9-7-14/h2-9,12H,10-11H2,1H3,(H,24,27). The van der Waals surface area contributed by atoms with Crippen LogP contribution < -0.4 is 16.6 Å². The summed E-state index contributed by atoms with van der Waals surface area (Å²) < 4.78 is 3.49. The monoisotopic (exact) mass is 484 g/mol. The van der Waals surface area contributed by atoms with Crippen molar-refractivity contribution in [2.24, 2.45) is 0 Å². The third-order valence-electron chi connectivity index (χ3n) is 4.68. The quantitative estimate of drug-likeness (QED) is 0.471. The summed E-state index contributed by atoms with van der Waals surface area (Å²) in [5.41, 5.74) is 1.37. The Morgan fingerprint density at radius 3 is 2.50 bits per heavy atom. The Balaban J connectivity index is 1.67. The zero-order valence-electron chi connectivity index (χ0n) is 16.0. The molecule has 0 saturated carbocycles. The molecule has 4 rings (SSSR count). The Bertz CT molecular complexity index is 1340. The number of hydrogen-bond donors (Lipinski definition) is 1. The van der Waals surface area contributed by atoms with Gasteiger partial charge in [-0.05, 0) is 42.3 Å². The maximum Gasteiger partial charge on any atom is 0.336 e. The SMILES string of the molecule is Cc1c(=O)n(Cc2ccc(Br)cc2)c(=O)n2cc(C(=O)NCc3ccncc3)sc12. The second-order valence-corrected chi connectivity index (χ2v) is 8.68. The Morgan fingerprint density at radius 2 is 1.80 bits per heavy atom. The molecule has 0 unspecified atom stereocenters. The van der Waals surface area contributed by atoms with Crippen molar-refractivity contribution >= 4 is 38.0 Å². The van der Waals surface area contributed by atoms with E-state index in [-0.39, 0.29) is 18.0 Å². The van der Waals surface area contributed by atoms with Crippen LogP contribution in [0.4, 0.5) is 0 Å². The van der Waals surface area contributed by atoms with E-state index in [0.717, 1.165) is 26.9 Å². The van der Waals surface area contributed by atoms with Gasteiger partial charge in [0, 0.05) is 35.2 Å². The highest BCUT2D eigenvalue weighted by Crippen LogP contribution is 2.18. The highest BCUT2D eigenvalue weighted by Gasteiger charge is 2.17. The van der Waals surface area contributed by atoms with Crippen molar-refractivity contribution in [1.29, 1.82) is 0 Å². The third kappa shape index (κ3) is 3.99. The Morgan fingerprint density at radius 1 is 1.10 bits per heavy atom. The van der Waals surface area contributed by atoms with Crippen molar-refractivity contribution in [1.82, 2.24) is 19.3 Å². The predicted molar refractivity (Wildman–Crippen MR) is 119 cm³/mol. The summed E-state index contributed by atoms with van der Waals surface area (Å²) in [6, 6.07) is 11.1. The summed E-state index contributed by atoms with van der Waals surface area (Å²) in [6.07, 6.45) is 4.81. The molecule has 0 radical (unpaired) electrons. The van der Waals surface area contributed by atoms with Crippen LogP contribution in [0.15, 0.2) is 69.1 Å². The summed E-state index contributed by atoms with van der Waals surface area (Å²) in [5, 5.41) is 2.83. The minimum Gasteiger partial charge on any atom is -0.347 e. The number of nitrogens with zero attached hydrogens (tertiary/aromatic N) is 3. The average molecular weight is 485 g/mol. The zero-order valence-corrected chi connectivity index (χ0v) is 18.4. The Kier molecular flexibility index (Phi) is 5.65. The minimum atomic E-state index is -0.465. The van der Waals surface area contributed by atoms with E-state index in [9.17, 15) is 14.4 Å². The predicted octanol–water partition coefficient (Wildman–Crippen LogP) is 2.97. The number of nitrogens with one attached hydrogen (secondary N) is 1. The van der Waals surface area contributed by atoms with Gasteiger partial charge in [-0.3, -0.25) is 23.5 Å². The molecule has 0 spiro atoms. The molecular formula is C21H17BrN4O3S. The van der Waals surface area contributed by atoms with Crippen molar-refractivity contribution in [3.63, 3.8) is 0 Å².